The maximum Gasteiger partial charge on any atom is 0.259 e. The van der Waals surface area contributed by atoms with Crippen LogP contribution in [0, 0.1) is 0 Å². The highest BCUT2D eigenvalue weighted by atomic mass is 35.5. The predicted molar refractivity (Wildman–Crippen MR) is 82.2 cm³/mol. The van der Waals surface area contributed by atoms with Gasteiger partial charge in [-0.05, 0) is 42.5 Å². The highest BCUT2D eigenvalue weighted by Crippen LogP contribution is 2.25. The van der Waals surface area contributed by atoms with Crippen LogP contribution in [0.5, 0.6) is 5.75 Å². The van der Waals surface area contributed by atoms with Gasteiger partial charge in [-0.2, -0.15) is 0 Å². The molecule has 3 nitrogen and oxygen atoms in total. The SMILES string of the molecule is COc1ccc(N(C)C(=O)c2ccc(Cl)cc2Cl)cc1. The van der Waals surface area contributed by atoms with E-state index in [-0.39, 0.29) is 5.91 Å². The van der Waals surface area contributed by atoms with E-state index in [4.69, 9.17) is 27.9 Å². The average molecular weight is 310 g/mol. The minimum atomic E-state index is -0.197. The van der Waals surface area contributed by atoms with Gasteiger partial charge < -0.3 is 9.64 Å². The zero-order valence-corrected chi connectivity index (χ0v) is 12.6. The smallest absolute Gasteiger partial charge is 0.259 e. The van der Waals surface area contributed by atoms with Gasteiger partial charge in [-0.25, -0.2) is 0 Å². The van der Waals surface area contributed by atoms with Crippen LogP contribution in [0.25, 0.3) is 0 Å². The number of halogens is 2. The Bertz CT molecular complexity index is 626. The lowest BCUT2D eigenvalue weighted by molar-refractivity contribution is 0.0993. The molecule has 0 N–H and O–H groups in total. The minimum Gasteiger partial charge on any atom is -0.497 e. The standard InChI is InChI=1S/C15H13Cl2NO2/c1-18(11-4-6-12(20-2)7-5-11)15(19)13-8-3-10(16)9-14(13)17/h3-9H,1-2H3. The van der Waals surface area contributed by atoms with Gasteiger partial charge in [0.15, 0.2) is 0 Å². The first-order valence-electron chi connectivity index (χ1n) is 5.90. The Morgan fingerprint density at radius 1 is 1.10 bits per heavy atom. The fourth-order valence-electron chi connectivity index (χ4n) is 1.77. The van der Waals surface area contributed by atoms with Gasteiger partial charge in [0, 0.05) is 17.8 Å². The number of rotatable bonds is 3. The van der Waals surface area contributed by atoms with Crippen LogP contribution in [-0.2, 0) is 0 Å². The van der Waals surface area contributed by atoms with Crippen LogP contribution in [0.2, 0.25) is 10.0 Å². The number of benzene rings is 2. The molecule has 0 aliphatic rings. The van der Waals surface area contributed by atoms with E-state index in [0.29, 0.717) is 15.6 Å². The van der Waals surface area contributed by atoms with E-state index in [1.807, 2.05) is 0 Å². The van der Waals surface area contributed by atoms with E-state index in [1.54, 1.807) is 56.6 Å². The Balaban J connectivity index is 2.27. The zero-order valence-electron chi connectivity index (χ0n) is 11.1. The van der Waals surface area contributed by atoms with E-state index in [1.165, 1.54) is 4.90 Å². The average Bonchev–Trinajstić information content (AvgIpc) is 2.46. The summed E-state index contributed by atoms with van der Waals surface area (Å²) in [4.78, 5) is 13.9. The Morgan fingerprint density at radius 3 is 2.30 bits per heavy atom. The highest BCUT2D eigenvalue weighted by Gasteiger charge is 2.16. The fraction of sp³-hybridized carbons (Fsp3) is 0.133. The van der Waals surface area contributed by atoms with Crippen molar-refractivity contribution in [3.8, 4) is 5.75 Å². The second-order valence-electron chi connectivity index (χ2n) is 4.19. The van der Waals surface area contributed by atoms with E-state index in [2.05, 4.69) is 0 Å². The number of anilines is 1. The van der Waals surface area contributed by atoms with Crippen LogP contribution in [0.4, 0.5) is 5.69 Å². The molecule has 20 heavy (non-hydrogen) atoms. The topological polar surface area (TPSA) is 29.5 Å². The lowest BCUT2D eigenvalue weighted by atomic mass is 10.2. The summed E-state index contributed by atoms with van der Waals surface area (Å²) in [6, 6.07) is 12.0. The third-order valence-electron chi connectivity index (χ3n) is 2.93. The molecule has 0 aromatic heterocycles. The number of nitrogens with zero attached hydrogens (tertiary/aromatic N) is 1. The third kappa shape index (κ3) is 3.06. The van der Waals surface area contributed by atoms with Gasteiger partial charge in [0.05, 0.1) is 17.7 Å². The molecular weight excluding hydrogens is 297 g/mol. The molecule has 0 radical (unpaired) electrons. The summed E-state index contributed by atoms with van der Waals surface area (Å²) in [5.41, 5.74) is 1.16. The lowest BCUT2D eigenvalue weighted by Gasteiger charge is -2.18. The van der Waals surface area contributed by atoms with Gasteiger partial charge in [0.1, 0.15) is 5.75 Å². The zero-order chi connectivity index (χ0) is 14.7. The van der Waals surface area contributed by atoms with Crippen LogP contribution in [0.15, 0.2) is 42.5 Å². The molecule has 1 amide bonds. The molecule has 0 spiro atoms. The summed E-state index contributed by atoms with van der Waals surface area (Å²) in [5.74, 6) is 0.538. The van der Waals surface area contributed by atoms with Gasteiger partial charge in [-0.15, -0.1) is 0 Å². The van der Waals surface area contributed by atoms with Crippen molar-refractivity contribution in [2.75, 3.05) is 19.1 Å². The van der Waals surface area contributed by atoms with Crippen LogP contribution < -0.4 is 9.64 Å². The van der Waals surface area contributed by atoms with Crippen molar-refractivity contribution in [3.63, 3.8) is 0 Å². The van der Waals surface area contributed by atoms with Gasteiger partial charge >= 0.3 is 0 Å². The van der Waals surface area contributed by atoms with Gasteiger partial charge in [0.2, 0.25) is 0 Å². The monoisotopic (exact) mass is 309 g/mol. The molecule has 0 atom stereocenters. The number of carbonyl (C=O) groups excluding carboxylic acids is 1. The van der Waals surface area contributed by atoms with E-state index < -0.39 is 0 Å². The van der Waals surface area contributed by atoms with Crippen molar-refractivity contribution in [1.82, 2.24) is 0 Å². The molecule has 5 heteroatoms. The molecule has 2 aromatic rings. The number of amides is 1. The Labute approximate surface area is 127 Å². The van der Waals surface area contributed by atoms with Crippen LogP contribution in [0.3, 0.4) is 0 Å². The normalized spacial score (nSPS) is 10.2. The minimum absolute atomic E-state index is 0.197. The van der Waals surface area contributed by atoms with Crippen molar-refractivity contribution >= 4 is 34.8 Å². The highest BCUT2D eigenvalue weighted by molar-refractivity contribution is 6.37. The van der Waals surface area contributed by atoms with Crippen molar-refractivity contribution in [2.24, 2.45) is 0 Å². The second kappa shape index (κ2) is 6.16. The largest absolute Gasteiger partial charge is 0.497 e. The second-order valence-corrected chi connectivity index (χ2v) is 5.03. The van der Waals surface area contributed by atoms with Gasteiger partial charge in [-0.1, -0.05) is 23.2 Å². The molecule has 0 aliphatic carbocycles. The number of hydrogen-bond donors (Lipinski definition) is 0. The predicted octanol–water partition coefficient (Wildman–Crippen LogP) is 4.28. The molecule has 2 aromatic carbocycles. The van der Waals surface area contributed by atoms with Crippen LogP contribution in [-0.4, -0.2) is 20.1 Å². The molecule has 0 bridgehead atoms. The molecule has 0 saturated carbocycles. The summed E-state index contributed by atoms with van der Waals surface area (Å²) in [7, 11) is 3.28. The van der Waals surface area contributed by atoms with E-state index in [0.717, 1.165) is 11.4 Å². The van der Waals surface area contributed by atoms with Crippen molar-refractivity contribution in [2.45, 2.75) is 0 Å². The number of ether oxygens (including phenoxy) is 1. The first-order valence-corrected chi connectivity index (χ1v) is 6.65. The first kappa shape index (κ1) is 14.7. The number of carbonyl (C=O) groups is 1. The van der Waals surface area contributed by atoms with Crippen molar-refractivity contribution < 1.29 is 9.53 Å². The van der Waals surface area contributed by atoms with Gasteiger partial charge in [-0.3, -0.25) is 4.79 Å². The van der Waals surface area contributed by atoms with Crippen molar-refractivity contribution in [3.05, 3.63) is 58.1 Å². The summed E-state index contributed by atoms with van der Waals surface area (Å²) < 4.78 is 5.09. The molecule has 2 rings (SSSR count). The molecule has 0 aliphatic heterocycles. The molecule has 0 unspecified atom stereocenters. The van der Waals surface area contributed by atoms with Crippen LogP contribution >= 0.6 is 23.2 Å². The summed E-state index contributed by atoms with van der Waals surface area (Å²) >= 11 is 11.9. The lowest BCUT2D eigenvalue weighted by Crippen LogP contribution is -2.26. The van der Waals surface area contributed by atoms with E-state index in [9.17, 15) is 4.79 Å². The molecule has 0 fully saturated rings. The first-order chi connectivity index (χ1) is 9.52. The summed E-state index contributed by atoms with van der Waals surface area (Å²) in [6.45, 7) is 0. The molecular formula is C15H13Cl2NO2. The maximum atomic E-state index is 12.4. The summed E-state index contributed by atoms with van der Waals surface area (Å²) in [5, 5.41) is 0.835. The number of hydrogen-bond acceptors (Lipinski definition) is 2. The maximum absolute atomic E-state index is 12.4. The number of methoxy groups -OCH3 is 1. The Hall–Kier alpha value is -1.71. The Morgan fingerprint density at radius 2 is 1.75 bits per heavy atom. The van der Waals surface area contributed by atoms with Crippen molar-refractivity contribution in [1.29, 1.82) is 0 Å². The fourth-order valence-corrected chi connectivity index (χ4v) is 2.26. The molecule has 0 heterocycles. The third-order valence-corrected chi connectivity index (χ3v) is 3.47. The molecule has 0 saturated heterocycles. The van der Waals surface area contributed by atoms with E-state index >= 15 is 0 Å². The van der Waals surface area contributed by atoms with Crippen LogP contribution in [0.1, 0.15) is 10.4 Å². The Kier molecular flexibility index (Phi) is 4.53. The summed E-state index contributed by atoms with van der Waals surface area (Å²) in [6.07, 6.45) is 0. The van der Waals surface area contributed by atoms with Gasteiger partial charge in [0.25, 0.3) is 5.91 Å². The quantitative estimate of drug-likeness (QED) is 0.847. The molecule has 104 valence electrons.